The van der Waals surface area contributed by atoms with E-state index >= 15 is 0 Å². The largest absolute Gasteiger partial charge is 0.507 e. The molecule has 0 radical (unpaired) electrons. The second kappa shape index (κ2) is 9.47. The van der Waals surface area contributed by atoms with Crippen LogP contribution in [-0.2, 0) is 14.3 Å². The van der Waals surface area contributed by atoms with Crippen LogP contribution in [0.15, 0.2) is 60.2 Å². The van der Waals surface area contributed by atoms with Crippen molar-refractivity contribution in [1.29, 1.82) is 0 Å². The molecule has 0 aliphatic carbocycles. The number of benzene rings is 2. The summed E-state index contributed by atoms with van der Waals surface area (Å²) in [4.78, 5) is 54.8. The zero-order valence-corrected chi connectivity index (χ0v) is 19.4. The second-order valence-electron chi connectivity index (χ2n) is 7.52. The van der Waals surface area contributed by atoms with Gasteiger partial charge in [0, 0.05) is 17.7 Å². The minimum absolute atomic E-state index is 0.0584. The van der Waals surface area contributed by atoms with Crippen LogP contribution in [0.2, 0.25) is 0 Å². The molecule has 1 atom stereocenters. The average molecular weight is 493 g/mol. The van der Waals surface area contributed by atoms with Gasteiger partial charge in [-0.25, -0.2) is 9.78 Å². The lowest BCUT2D eigenvalue weighted by Gasteiger charge is -2.22. The number of nitrogens with zero attached hydrogens (tertiary/aromatic N) is 3. The molecule has 4 rings (SSSR count). The van der Waals surface area contributed by atoms with Gasteiger partial charge in [0.2, 0.25) is 0 Å². The maximum Gasteiger partial charge on any atom is 0.350 e. The van der Waals surface area contributed by atoms with Gasteiger partial charge in [0.1, 0.15) is 10.6 Å². The Bertz CT molecular complexity index is 1360. The van der Waals surface area contributed by atoms with Gasteiger partial charge in [0.05, 0.1) is 28.8 Å². The number of ketones is 1. The van der Waals surface area contributed by atoms with Gasteiger partial charge in [-0.1, -0.05) is 41.7 Å². The van der Waals surface area contributed by atoms with E-state index in [0.717, 1.165) is 16.2 Å². The minimum Gasteiger partial charge on any atom is -0.507 e. The van der Waals surface area contributed by atoms with E-state index in [-0.39, 0.29) is 27.9 Å². The number of aliphatic hydroxyl groups excluding tert-OH is 1. The molecule has 0 saturated carbocycles. The Morgan fingerprint density at radius 1 is 1.17 bits per heavy atom. The van der Waals surface area contributed by atoms with E-state index in [1.165, 1.54) is 24.3 Å². The number of rotatable bonds is 6. The van der Waals surface area contributed by atoms with E-state index in [1.54, 1.807) is 44.2 Å². The highest BCUT2D eigenvalue weighted by Gasteiger charge is 2.48. The zero-order chi connectivity index (χ0) is 25.3. The number of Topliss-reactive ketones (excluding diaryl/α,β-unsaturated/α-hetero) is 1. The molecule has 0 unspecified atom stereocenters. The summed E-state index contributed by atoms with van der Waals surface area (Å²) in [6.07, 6.45) is 0. The number of esters is 1. The fraction of sp³-hybridized carbons (Fsp3) is 0.167. The number of aliphatic hydroxyl groups is 1. The summed E-state index contributed by atoms with van der Waals surface area (Å²) in [6.45, 7) is 3.38. The molecule has 0 spiro atoms. The first-order valence-electron chi connectivity index (χ1n) is 10.5. The van der Waals surface area contributed by atoms with Crippen LogP contribution in [0.1, 0.15) is 39.5 Å². The normalized spacial score (nSPS) is 17.0. The minimum atomic E-state index is -1.13. The maximum atomic E-state index is 13.2. The number of nitro benzene ring substituents is 1. The molecule has 2 aromatic carbocycles. The predicted molar refractivity (Wildman–Crippen MR) is 127 cm³/mol. The number of aryl methyl sites for hydroxylation is 1. The number of hydrogen-bond acceptors (Lipinski definition) is 9. The molecular weight excluding hydrogens is 474 g/mol. The summed E-state index contributed by atoms with van der Waals surface area (Å²) in [5.41, 5.74) is 0.609. The molecule has 1 amide bonds. The van der Waals surface area contributed by atoms with Crippen molar-refractivity contribution in [2.75, 3.05) is 11.5 Å². The molecule has 1 aliphatic heterocycles. The summed E-state index contributed by atoms with van der Waals surface area (Å²) < 4.78 is 5.04. The van der Waals surface area contributed by atoms with Crippen molar-refractivity contribution in [3.05, 3.63) is 92.0 Å². The Balaban J connectivity index is 1.91. The third-order valence-corrected chi connectivity index (χ3v) is 6.50. The molecule has 1 N–H and O–H groups in total. The summed E-state index contributed by atoms with van der Waals surface area (Å²) in [7, 11) is 0. The van der Waals surface area contributed by atoms with Crippen molar-refractivity contribution in [2.45, 2.75) is 19.9 Å². The molecule has 1 saturated heterocycles. The molecule has 10 nitrogen and oxygen atoms in total. The third kappa shape index (κ3) is 4.28. The van der Waals surface area contributed by atoms with Gasteiger partial charge in [-0.2, -0.15) is 0 Å². The molecule has 1 aliphatic rings. The van der Waals surface area contributed by atoms with Crippen LogP contribution < -0.4 is 4.90 Å². The third-order valence-electron chi connectivity index (χ3n) is 5.36. The van der Waals surface area contributed by atoms with Crippen LogP contribution in [0.4, 0.5) is 10.8 Å². The predicted octanol–water partition coefficient (Wildman–Crippen LogP) is 4.16. The highest BCUT2D eigenvalue weighted by molar-refractivity contribution is 7.17. The van der Waals surface area contributed by atoms with Crippen molar-refractivity contribution >= 4 is 45.6 Å². The van der Waals surface area contributed by atoms with Gasteiger partial charge in [0.25, 0.3) is 11.5 Å². The molecule has 178 valence electrons. The average Bonchev–Trinajstić information content (AvgIpc) is 3.36. The molecule has 3 aromatic rings. The van der Waals surface area contributed by atoms with E-state index in [9.17, 15) is 29.6 Å². The van der Waals surface area contributed by atoms with E-state index in [1.807, 2.05) is 0 Å². The molecular formula is C24H19N3O7S. The Morgan fingerprint density at radius 3 is 2.43 bits per heavy atom. The van der Waals surface area contributed by atoms with Gasteiger partial charge in [-0.3, -0.25) is 24.6 Å². The van der Waals surface area contributed by atoms with Crippen molar-refractivity contribution in [3.63, 3.8) is 0 Å². The molecule has 2 heterocycles. The number of hydrogen-bond donors (Lipinski definition) is 1. The number of carbonyl (C=O) groups is 3. The Labute approximate surface area is 203 Å². The topological polar surface area (TPSA) is 140 Å². The number of carbonyl (C=O) groups excluding carboxylic acids is 3. The first kappa shape index (κ1) is 23.8. The number of ether oxygens (including phenoxy) is 1. The van der Waals surface area contributed by atoms with E-state index in [2.05, 4.69) is 4.98 Å². The number of anilines is 1. The lowest BCUT2D eigenvalue weighted by atomic mass is 9.95. The van der Waals surface area contributed by atoms with E-state index in [4.69, 9.17) is 4.74 Å². The smallest absolute Gasteiger partial charge is 0.350 e. The van der Waals surface area contributed by atoms with Crippen LogP contribution >= 0.6 is 11.3 Å². The summed E-state index contributed by atoms with van der Waals surface area (Å²) in [5.74, 6) is -2.90. The maximum absolute atomic E-state index is 13.2. The van der Waals surface area contributed by atoms with Crippen LogP contribution in [0.3, 0.4) is 0 Å². The molecule has 1 fully saturated rings. The number of non-ortho nitro benzene ring substituents is 1. The summed E-state index contributed by atoms with van der Waals surface area (Å²) in [5, 5.41) is 22.2. The van der Waals surface area contributed by atoms with Gasteiger partial charge in [0.15, 0.2) is 5.13 Å². The van der Waals surface area contributed by atoms with Crippen molar-refractivity contribution in [1.82, 2.24) is 4.98 Å². The summed E-state index contributed by atoms with van der Waals surface area (Å²) >= 11 is 0.881. The lowest BCUT2D eigenvalue weighted by Crippen LogP contribution is -2.29. The van der Waals surface area contributed by atoms with Crippen molar-refractivity contribution < 1.29 is 29.2 Å². The number of amides is 1. The first-order chi connectivity index (χ1) is 16.7. The SMILES string of the molecule is CCOC(=O)c1sc(N2C(=O)C(=O)/C(=C(/O)c3ccccc3)[C@H]2c2ccc([N+](=O)[O-])cc2)nc1C. The monoisotopic (exact) mass is 493 g/mol. The Hall–Kier alpha value is -4.38. The van der Waals surface area contributed by atoms with Crippen LogP contribution in [0, 0.1) is 17.0 Å². The van der Waals surface area contributed by atoms with E-state index in [0.29, 0.717) is 16.8 Å². The first-order valence-corrected chi connectivity index (χ1v) is 11.3. The van der Waals surface area contributed by atoms with E-state index < -0.39 is 34.4 Å². The highest BCUT2D eigenvalue weighted by atomic mass is 32.1. The highest BCUT2D eigenvalue weighted by Crippen LogP contribution is 2.44. The van der Waals surface area contributed by atoms with Gasteiger partial charge in [-0.05, 0) is 31.5 Å². The van der Waals surface area contributed by atoms with Crippen molar-refractivity contribution in [2.24, 2.45) is 0 Å². The van der Waals surface area contributed by atoms with Gasteiger partial charge >= 0.3 is 11.9 Å². The van der Waals surface area contributed by atoms with Crippen LogP contribution in [-0.4, -0.2) is 39.3 Å². The molecule has 1 aromatic heterocycles. The quantitative estimate of drug-likeness (QED) is 0.135. The fourth-order valence-corrected chi connectivity index (χ4v) is 4.73. The lowest BCUT2D eigenvalue weighted by molar-refractivity contribution is -0.384. The molecule has 35 heavy (non-hydrogen) atoms. The second-order valence-corrected chi connectivity index (χ2v) is 8.49. The number of aromatic nitrogens is 1. The Morgan fingerprint density at radius 2 is 1.83 bits per heavy atom. The van der Waals surface area contributed by atoms with Gasteiger partial charge < -0.3 is 9.84 Å². The van der Waals surface area contributed by atoms with Gasteiger partial charge in [-0.15, -0.1) is 0 Å². The Kier molecular flexibility index (Phi) is 6.43. The molecule has 11 heteroatoms. The van der Waals surface area contributed by atoms with Crippen LogP contribution in [0.25, 0.3) is 5.76 Å². The zero-order valence-electron chi connectivity index (χ0n) is 18.6. The number of thiazole rings is 1. The number of nitro groups is 1. The standard InChI is InChI=1S/C24H19N3O7S/c1-3-34-23(31)21-13(2)25-24(35-21)26-18(14-9-11-16(12-10-14)27(32)33)17(20(29)22(26)30)19(28)15-7-5-4-6-8-15/h4-12,18,28H,3H2,1-2H3/b19-17+/t18-/m1/s1. The van der Waals surface area contributed by atoms with Crippen LogP contribution in [0.5, 0.6) is 0 Å². The van der Waals surface area contributed by atoms with Crippen molar-refractivity contribution in [3.8, 4) is 0 Å². The molecule has 0 bridgehead atoms. The summed E-state index contributed by atoms with van der Waals surface area (Å²) in [6, 6.07) is 12.4. The fourth-order valence-electron chi connectivity index (χ4n) is 3.75.